The van der Waals surface area contributed by atoms with E-state index in [1.807, 2.05) is 12.5 Å². The number of rotatable bonds is 7. The van der Waals surface area contributed by atoms with E-state index < -0.39 is 16.1 Å². The van der Waals surface area contributed by atoms with Crippen LogP contribution in [0.1, 0.15) is 55.7 Å². The van der Waals surface area contributed by atoms with Gasteiger partial charge in [-0.1, -0.05) is 36.4 Å². The highest BCUT2D eigenvalue weighted by Gasteiger charge is 2.58. The minimum Gasteiger partial charge on any atom is -0.392 e. The smallest absolute Gasteiger partial charge is 0.319 e. The number of hydrogen-bond donors (Lipinski definition) is 4. The van der Waals surface area contributed by atoms with Crippen LogP contribution in [-0.2, 0) is 15.8 Å². The average molecular weight is 562 g/mol. The molecule has 10 heteroatoms. The van der Waals surface area contributed by atoms with Crippen LogP contribution < -0.4 is 15.8 Å². The van der Waals surface area contributed by atoms with Gasteiger partial charge in [0.05, 0.1) is 36.1 Å². The molecular formula is C30H35N5O4S. The number of amides is 2. The fraction of sp³-hybridized carbons (Fsp3) is 0.467. The first kappa shape index (κ1) is 25.7. The predicted octanol–water partition coefficient (Wildman–Crippen LogP) is 4.01. The Balaban J connectivity index is 1.02. The van der Waals surface area contributed by atoms with Crippen molar-refractivity contribution in [1.82, 2.24) is 14.9 Å². The minimum atomic E-state index is -3.61. The third-order valence-corrected chi connectivity index (χ3v) is 10.7. The number of urea groups is 1. The number of primary sulfonamides is 1. The molecule has 210 valence electrons. The Morgan fingerprint density at radius 1 is 1.10 bits per heavy atom. The van der Waals surface area contributed by atoms with Crippen LogP contribution in [0.5, 0.6) is 0 Å². The zero-order valence-corrected chi connectivity index (χ0v) is 23.1. The third kappa shape index (κ3) is 4.52. The number of benzene rings is 2. The number of carbonyl (C=O) groups is 1. The van der Waals surface area contributed by atoms with E-state index in [4.69, 9.17) is 5.14 Å². The molecule has 4 aliphatic carbocycles. The van der Waals surface area contributed by atoms with Crippen LogP contribution in [0.3, 0.4) is 0 Å². The Hall–Kier alpha value is -3.21. The van der Waals surface area contributed by atoms with E-state index in [9.17, 15) is 18.3 Å². The van der Waals surface area contributed by atoms with Gasteiger partial charge in [-0.2, -0.15) is 0 Å². The SMILES string of the molecule is NS(=O)(=O)Cc1ccc(NC(=O)NC2C3CC4CC2CC(C(O)CC2c5ccccc5-c5cncn52)(C4)C3)cc1. The van der Waals surface area contributed by atoms with Crippen LogP contribution in [0.15, 0.2) is 61.1 Å². The van der Waals surface area contributed by atoms with Gasteiger partial charge in [0.1, 0.15) is 0 Å². The van der Waals surface area contributed by atoms with Crippen molar-refractivity contribution in [2.45, 2.75) is 62.5 Å². The van der Waals surface area contributed by atoms with E-state index in [2.05, 4.69) is 44.5 Å². The lowest BCUT2D eigenvalue weighted by molar-refractivity contribution is -0.135. The van der Waals surface area contributed by atoms with Crippen LogP contribution in [0.4, 0.5) is 10.5 Å². The summed E-state index contributed by atoms with van der Waals surface area (Å²) in [5, 5.41) is 23.1. The lowest BCUT2D eigenvalue weighted by Crippen LogP contribution is -2.62. The molecule has 0 spiro atoms. The number of hydrogen-bond acceptors (Lipinski definition) is 5. The normalized spacial score (nSPS) is 30.5. The number of nitrogens with one attached hydrogen (secondary N) is 2. The molecular weight excluding hydrogens is 526 g/mol. The van der Waals surface area contributed by atoms with E-state index in [1.165, 1.54) is 11.1 Å². The highest BCUT2D eigenvalue weighted by atomic mass is 32.2. The molecule has 2 heterocycles. The van der Waals surface area contributed by atoms with Crippen molar-refractivity contribution in [3.63, 3.8) is 0 Å². The summed E-state index contributed by atoms with van der Waals surface area (Å²) in [5.41, 5.74) is 4.65. The molecule has 4 bridgehead atoms. The molecule has 1 aromatic heterocycles. The second-order valence-corrected chi connectivity index (χ2v) is 14.1. The van der Waals surface area contributed by atoms with Gasteiger partial charge in [-0.3, -0.25) is 0 Å². The molecule has 5 aliphatic rings. The van der Waals surface area contributed by atoms with Gasteiger partial charge in [0.2, 0.25) is 10.0 Å². The monoisotopic (exact) mass is 561 g/mol. The van der Waals surface area contributed by atoms with Gasteiger partial charge in [0.15, 0.2) is 0 Å². The quantitative estimate of drug-likeness (QED) is 0.345. The molecule has 8 rings (SSSR count). The maximum atomic E-state index is 13.0. The summed E-state index contributed by atoms with van der Waals surface area (Å²) in [6.07, 6.45) is 9.17. The molecule has 0 radical (unpaired) electrons. The molecule has 2 amide bonds. The summed E-state index contributed by atoms with van der Waals surface area (Å²) >= 11 is 0. The van der Waals surface area contributed by atoms with Crippen LogP contribution in [0, 0.1) is 23.2 Å². The number of nitrogens with two attached hydrogens (primary N) is 1. The first-order chi connectivity index (χ1) is 19.2. The van der Waals surface area contributed by atoms with Gasteiger partial charge in [-0.05, 0) is 85.0 Å². The van der Waals surface area contributed by atoms with Crippen molar-refractivity contribution in [2.75, 3.05) is 5.32 Å². The highest BCUT2D eigenvalue weighted by Crippen LogP contribution is 2.62. The Morgan fingerprint density at radius 3 is 2.55 bits per heavy atom. The number of carbonyl (C=O) groups excluding carboxylic acids is 1. The van der Waals surface area contributed by atoms with Crippen molar-refractivity contribution >= 4 is 21.7 Å². The van der Waals surface area contributed by atoms with E-state index >= 15 is 0 Å². The van der Waals surface area contributed by atoms with E-state index in [0.717, 1.165) is 37.8 Å². The summed E-state index contributed by atoms with van der Waals surface area (Å²) in [6.45, 7) is 0. The first-order valence-corrected chi connectivity index (χ1v) is 15.9. The molecule has 3 aromatic rings. The van der Waals surface area contributed by atoms with E-state index in [0.29, 0.717) is 35.4 Å². The molecule has 4 atom stereocenters. The molecule has 0 saturated heterocycles. The second kappa shape index (κ2) is 9.43. The fourth-order valence-electron chi connectivity index (χ4n) is 8.60. The Kier molecular flexibility index (Phi) is 6.07. The number of aliphatic hydroxyl groups is 1. The third-order valence-electron chi connectivity index (χ3n) is 9.95. The molecule has 4 unspecified atom stereocenters. The fourth-order valence-corrected chi connectivity index (χ4v) is 9.26. The number of nitrogens with zero attached hydrogens (tertiary/aromatic N) is 2. The summed E-state index contributed by atoms with van der Waals surface area (Å²) in [7, 11) is -3.61. The molecule has 4 fully saturated rings. The van der Waals surface area contributed by atoms with Gasteiger partial charge >= 0.3 is 6.03 Å². The summed E-state index contributed by atoms with van der Waals surface area (Å²) < 4.78 is 24.9. The lowest BCUT2D eigenvalue weighted by Gasteiger charge is -2.61. The highest BCUT2D eigenvalue weighted by molar-refractivity contribution is 7.88. The number of sulfonamides is 1. The molecule has 1 aliphatic heterocycles. The maximum Gasteiger partial charge on any atom is 0.319 e. The maximum absolute atomic E-state index is 13.0. The van der Waals surface area contributed by atoms with Gasteiger partial charge in [0.25, 0.3) is 0 Å². The minimum absolute atomic E-state index is 0.0889. The number of anilines is 1. The summed E-state index contributed by atoms with van der Waals surface area (Å²) in [5.74, 6) is 1.06. The Bertz CT molecular complexity index is 1540. The number of aromatic nitrogens is 2. The summed E-state index contributed by atoms with van der Waals surface area (Å²) in [4.78, 5) is 17.4. The largest absolute Gasteiger partial charge is 0.392 e. The van der Waals surface area contributed by atoms with Crippen LogP contribution in [0.2, 0.25) is 0 Å². The number of aliphatic hydroxyl groups excluding tert-OH is 1. The summed E-state index contributed by atoms with van der Waals surface area (Å²) in [6, 6.07) is 15.1. The second-order valence-electron chi connectivity index (χ2n) is 12.5. The average Bonchev–Trinajstić information content (AvgIpc) is 3.49. The van der Waals surface area contributed by atoms with Gasteiger partial charge < -0.3 is 20.3 Å². The van der Waals surface area contributed by atoms with Crippen molar-refractivity contribution < 1.29 is 18.3 Å². The lowest BCUT2D eigenvalue weighted by atomic mass is 9.46. The molecule has 9 nitrogen and oxygen atoms in total. The van der Waals surface area contributed by atoms with Crippen molar-refractivity contribution in [2.24, 2.45) is 28.3 Å². The van der Waals surface area contributed by atoms with Gasteiger partial charge in [0, 0.05) is 17.3 Å². The van der Waals surface area contributed by atoms with Crippen molar-refractivity contribution in [1.29, 1.82) is 0 Å². The van der Waals surface area contributed by atoms with Crippen molar-refractivity contribution in [3.05, 3.63) is 72.2 Å². The standard InChI is InChI=1S/C30H35N5O4S/c31-40(38,39)16-18-5-7-22(8-6-18)33-29(37)34-28-20-9-19-10-21(28)14-30(12-19,13-20)27(36)11-25-23-3-1-2-4-24(23)26-15-32-17-35(25)26/h1-8,15,17,19-21,25,27-28,36H,9-14,16H2,(H2,31,38,39)(H2,33,34,37). The van der Waals surface area contributed by atoms with Gasteiger partial charge in [-0.15, -0.1) is 0 Å². The van der Waals surface area contributed by atoms with Crippen molar-refractivity contribution in [3.8, 4) is 11.3 Å². The predicted molar refractivity (Wildman–Crippen MR) is 152 cm³/mol. The Labute approximate surface area is 234 Å². The van der Waals surface area contributed by atoms with E-state index in [-0.39, 0.29) is 29.3 Å². The molecule has 4 saturated carbocycles. The van der Waals surface area contributed by atoms with Crippen LogP contribution in [0.25, 0.3) is 11.3 Å². The number of imidazole rings is 1. The van der Waals surface area contributed by atoms with E-state index in [1.54, 1.807) is 24.3 Å². The zero-order chi connectivity index (χ0) is 27.6. The number of fused-ring (bicyclic) bond motifs is 3. The first-order valence-electron chi connectivity index (χ1n) is 14.1. The van der Waals surface area contributed by atoms with Crippen LogP contribution in [-0.4, -0.2) is 41.3 Å². The molecule has 5 N–H and O–H groups in total. The topological polar surface area (TPSA) is 139 Å². The molecule has 40 heavy (non-hydrogen) atoms. The van der Waals surface area contributed by atoms with Crippen LogP contribution >= 0.6 is 0 Å². The zero-order valence-electron chi connectivity index (χ0n) is 22.2. The molecule has 2 aromatic carbocycles. The Morgan fingerprint density at radius 2 is 1.82 bits per heavy atom. The van der Waals surface area contributed by atoms with Gasteiger partial charge in [-0.25, -0.2) is 23.3 Å².